The van der Waals surface area contributed by atoms with Gasteiger partial charge in [0, 0.05) is 5.92 Å². The monoisotopic (exact) mass is 287 g/mol. The van der Waals surface area contributed by atoms with Crippen molar-refractivity contribution >= 4 is 6.09 Å². The summed E-state index contributed by atoms with van der Waals surface area (Å²) in [4.78, 5) is 14.3. The third kappa shape index (κ3) is 2.78. The van der Waals surface area contributed by atoms with Gasteiger partial charge in [0.25, 0.3) is 0 Å². The fraction of sp³-hybridized carbons (Fsp3) is 0.611. The van der Waals surface area contributed by atoms with Crippen LogP contribution in [0.2, 0.25) is 0 Å². The predicted octanol–water partition coefficient (Wildman–Crippen LogP) is 4.22. The Bertz CT molecular complexity index is 478. The molecular formula is C18H25NO2. The lowest BCUT2D eigenvalue weighted by Crippen LogP contribution is -2.40. The van der Waals surface area contributed by atoms with E-state index in [1.165, 1.54) is 37.7 Å². The van der Waals surface area contributed by atoms with Gasteiger partial charge in [-0.15, -0.1) is 0 Å². The molecule has 0 saturated carbocycles. The van der Waals surface area contributed by atoms with Crippen LogP contribution in [0.4, 0.5) is 4.79 Å². The molecule has 3 heteroatoms. The van der Waals surface area contributed by atoms with Crippen LogP contribution in [0.15, 0.2) is 36.0 Å². The van der Waals surface area contributed by atoms with E-state index in [0.717, 1.165) is 6.42 Å². The molecule has 2 heterocycles. The molecule has 3 nitrogen and oxygen atoms in total. The third-order valence-corrected chi connectivity index (χ3v) is 4.84. The molecule has 1 amide bonds. The highest BCUT2D eigenvalue weighted by molar-refractivity contribution is 5.71. The summed E-state index contributed by atoms with van der Waals surface area (Å²) in [6, 6.07) is 0.251. The van der Waals surface area contributed by atoms with Crippen molar-refractivity contribution in [2.24, 2.45) is 5.92 Å². The van der Waals surface area contributed by atoms with Gasteiger partial charge in [-0.25, -0.2) is 4.79 Å². The van der Waals surface area contributed by atoms with Crippen LogP contribution in [0.5, 0.6) is 0 Å². The first-order valence-electron chi connectivity index (χ1n) is 8.33. The number of hydrogen-bond donors (Lipinski definition) is 0. The number of carbonyl (C=O) groups is 1. The summed E-state index contributed by atoms with van der Waals surface area (Å²) in [7, 11) is 0. The molecule has 0 N–H and O–H groups in total. The Labute approximate surface area is 127 Å². The minimum Gasteiger partial charge on any atom is -0.450 e. The van der Waals surface area contributed by atoms with Gasteiger partial charge in [0.2, 0.25) is 0 Å². The smallest absolute Gasteiger partial charge is 0.411 e. The molecule has 0 aromatic rings. The number of rotatable bonds is 1. The molecule has 3 atom stereocenters. The number of hydrogen-bond acceptors (Lipinski definition) is 2. The number of nitrogens with zero attached hydrogens (tertiary/aromatic N) is 1. The Kier molecular flexibility index (Phi) is 4.47. The molecule has 2 aliphatic heterocycles. The highest BCUT2D eigenvalue weighted by Crippen LogP contribution is 2.42. The van der Waals surface area contributed by atoms with Gasteiger partial charge in [-0.3, -0.25) is 4.90 Å². The van der Waals surface area contributed by atoms with Crippen molar-refractivity contribution in [1.29, 1.82) is 0 Å². The average molecular weight is 287 g/mol. The fourth-order valence-electron chi connectivity index (χ4n) is 3.91. The van der Waals surface area contributed by atoms with Crippen molar-refractivity contribution in [2.45, 2.75) is 57.5 Å². The van der Waals surface area contributed by atoms with Crippen molar-refractivity contribution < 1.29 is 9.53 Å². The van der Waals surface area contributed by atoms with E-state index in [1.807, 2.05) is 11.8 Å². The van der Waals surface area contributed by atoms with E-state index in [2.05, 4.69) is 30.4 Å². The summed E-state index contributed by atoms with van der Waals surface area (Å²) in [6.45, 7) is 2.31. The van der Waals surface area contributed by atoms with Crippen molar-refractivity contribution in [3.63, 3.8) is 0 Å². The first kappa shape index (κ1) is 14.4. The van der Waals surface area contributed by atoms with E-state index in [9.17, 15) is 4.79 Å². The standard InChI is InChI=1S/C18H25NO2/c1-2-21-18(20)19-16-12-8-9-13-17(19)15-11-7-5-3-4-6-10-14(15)16/h8-10,12-13,15-17H,2-7,11H2,1H3/b14-10+. The van der Waals surface area contributed by atoms with E-state index in [0.29, 0.717) is 12.5 Å². The molecule has 3 unspecified atom stereocenters. The molecule has 2 bridgehead atoms. The molecular weight excluding hydrogens is 262 g/mol. The van der Waals surface area contributed by atoms with Crippen molar-refractivity contribution in [3.05, 3.63) is 36.0 Å². The van der Waals surface area contributed by atoms with Crippen LogP contribution in [0.25, 0.3) is 0 Å². The first-order valence-corrected chi connectivity index (χ1v) is 8.33. The lowest BCUT2D eigenvalue weighted by Gasteiger charge is -2.26. The van der Waals surface area contributed by atoms with E-state index >= 15 is 0 Å². The van der Waals surface area contributed by atoms with Crippen molar-refractivity contribution in [3.8, 4) is 0 Å². The first-order chi connectivity index (χ1) is 10.3. The SMILES string of the molecule is CCOC(=O)N1C2C=CC=CC1C1CCCCCC/C=C\12. The van der Waals surface area contributed by atoms with E-state index in [4.69, 9.17) is 4.74 Å². The highest BCUT2D eigenvalue weighted by Gasteiger charge is 2.45. The number of carbonyl (C=O) groups excluding carboxylic acids is 1. The summed E-state index contributed by atoms with van der Waals surface area (Å²) in [5, 5.41) is 0. The maximum atomic E-state index is 12.4. The van der Waals surface area contributed by atoms with Gasteiger partial charge in [-0.1, -0.05) is 49.6 Å². The normalized spacial score (nSPS) is 34.0. The highest BCUT2D eigenvalue weighted by atomic mass is 16.6. The van der Waals surface area contributed by atoms with Crippen LogP contribution < -0.4 is 0 Å². The van der Waals surface area contributed by atoms with Gasteiger partial charge in [0.1, 0.15) is 0 Å². The Morgan fingerprint density at radius 1 is 1.24 bits per heavy atom. The molecule has 21 heavy (non-hydrogen) atoms. The number of allylic oxidation sites excluding steroid dienone is 3. The number of ether oxygens (including phenoxy) is 1. The quantitative estimate of drug-likeness (QED) is 0.676. The largest absolute Gasteiger partial charge is 0.450 e. The summed E-state index contributed by atoms with van der Waals surface area (Å²) in [5.41, 5.74) is 1.44. The van der Waals surface area contributed by atoms with Crippen LogP contribution in [-0.4, -0.2) is 29.7 Å². The fourth-order valence-corrected chi connectivity index (χ4v) is 3.91. The zero-order valence-corrected chi connectivity index (χ0v) is 12.8. The molecule has 0 aromatic heterocycles. The molecule has 0 aromatic carbocycles. The Morgan fingerprint density at radius 3 is 2.90 bits per heavy atom. The predicted molar refractivity (Wildman–Crippen MR) is 84.0 cm³/mol. The molecule has 3 rings (SSSR count). The van der Waals surface area contributed by atoms with E-state index < -0.39 is 0 Å². The summed E-state index contributed by atoms with van der Waals surface area (Å²) in [5.74, 6) is 0.471. The topological polar surface area (TPSA) is 29.5 Å². The van der Waals surface area contributed by atoms with Crippen LogP contribution in [0.1, 0.15) is 45.4 Å². The maximum Gasteiger partial charge on any atom is 0.411 e. The molecule has 1 aliphatic carbocycles. The number of amides is 1. The second kappa shape index (κ2) is 6.50. The van der Waals surface area contributed by atoms with Crippen LogP contribution in [0, 0.1) is 5.92 Å². The summed E-state index contributed by atoms with van der Waals surface area (Å²) in [6.07, 6.45) is 18.2. The molecule has 114 valence electrons. The molecule has 0 spiro atoms. The number of fused-ring (bicyclic) bond motifs is 5. The Hall–Kier alpha value is -1.51. The van der Waals surface area contributed by atoms with Crippen LogP contribution in [0.3, 0.4) is 0 Å². The Morgan fingerprint density at radius 2 is 2.05 bits per heavy atom. The third-order valence-electron chi connectivity index (χ3n) is 4.84. The average Bonchev–Trinajstić information content (AvgIpc) is 2.65. The van der Waals surface area contributed by atoms with Gasteiger partial charge < -0.3 is 4.74 Å². The van der Waals surface area contributed by atoms with Crippen molar-refractivity contribution in [1.82, 2.24) is 4.90 Å². The van der Waals surface area contributed by atoms with Gasteiger partial charge in [0.15, 0.2) is 0 Å². The lowest BCUT2D eigenvalue weighted by atomic mass is 9.87. The van der Waals surface area contributed by atoms with Gasteiger partial charge >= 0.3 is 6.09 Å². The Balaban J connectivity index is 1.94. The minimum absolute atomic E-state index is 0.0900. The second-order valence-corrected chi connectivity index (χ2v) is 6.11. The second-order valence-electron chi connectivity index (χ2n) is 6.11. The maximum absolute atomic E-state index is 12.4. The molecule has 0 radical (unpaired) electrons. The van der Waals surface area contributed by atoms with Gasteiger partial charge in [-0.05, 0) is 31.8 Å². The summed E-state index contributed by atoms with van der Waals surface area (Å²) < 4.78 is 5.30. The van der Waals surface area contributed by atoms with E-state index in [1.54, 1.807) is 0 Å². The van der Waals surface area contributed by atoms with Gasteiger partial charge in [-0.2, -0.15) is 0 Å². The molecule has 1 saturated heterocycles. The molecule has 1 fully saturated rings. The zero-order chi connectivity index (χ0) is 14.7. The van der Waals surface area contributed by atoms with E-state index in [-0.39, 0.29) is 18.2 Å². The lowest BCUT2D eigenvalue weighted by molar-refractivity contribution is 0.0987. The molecule has 3 aliphatic rings. The van der Waals surface area contributed by atoms with Crippen LogP contribution in [-0.2, 0) is 4.74 Å². The van der Waals surface area contributed by atoms with Crippen molar-refractivity contribution in [2.75, 3.05) is 6.61 Å². The van der Waals surface area contributed by atoms with Gasteiger partial charge in [0.05, 0.1) is 18.7 Å². The van der Waals surface area contributed by atoms with Crippen LogP contribution >= 0.6 is 0 Å². The zero-order valence-electron chi connectivity index (χ0n) is 12.8. The minimum atomic E-state index is -0.172. The summed E-state index contributed by atoms with van der Waals surface area (Å²) >= 11 is 0.